The number of halogens is 1. The van der Waals surface area contributed by atoms with Crippen molar-refractivity contribution in [2.75, 3.05) is 34.5 Å². The molecule has 202 valence electrons. The number of nitrogens with one attached hydrogen (secondary N) is 1. The van der Waals surface area contributed by atoms with Gasteiger partial charge in [-0.3, -0.25) is 18.9 Å². The van der Waals surface area contributed by atoms with E-state index in [4.69, 9.17) is 18.3 Å². The highest BCUT2D eigenvalue weighted by molar-refractivity contribution is 7.48. The molecule has 5 atom stereocenters. The Balaban J connectivity index is 1.85. The second kappa shape index (κ2) is 9.89. The minimum absolute atomic E-state index is 0.695. The van der Waals surface area contributed by atoms with Crippen LogP contribution in [-0.4, -0.2) is 89.5 Å². The molecule has 1 saturated heterocycles. The summed E-state index contributed by atoms with van der Waals surface area (Å²) in [6.45, 7) is -2.75. The zero-order valence-electron chi connectivity index (χ0n) is 18.9. The van der Waals surface area contributed by atoms with E-state index in [0.717, 1.165) is 33.4 Å². The van der Waals surface area contributed by atoms with E-state index in [1.54, 1.807) is 0 Å². The first-order valence-electron chi connectivity index (χ1n) is 9.81. The number of carbonyl (C=O) groups is 2. The van der Waals surface area contributed by atoms with Gasteiger partial charge < -0.3 is 33.9 Å². The van der Waals surface area contributed by atoms with Crippen molar-refractivity contribution >= 4 is 20.1 Å². The number of carbonyl (C=O) groups excluding carboxylic acids is 2. The quantitative estimate of drug-likeness (QED) is 0.188. The second-order valence-electron chi connectivity index (χ2n) is 7.55. The van der Waals surface area contributed by atoms with Crippen molar-refractivity contribution in [3.8, 4) is 0 Å². The summed E-state index contributed by atoms with van der Waals surface area (Å²) in [5, 5.41) is 22.3. The average Bonchev–Trinajstić information content (AvgIpc) is 3.27. The molecule has 1 aromatic rings. The van der Waals surface area contributed by atoms with Crippen LogP contribution in [0.15, 0.2) is 21.9 Å². The third kappa shape index (κ3) is 4.52. The molecule has 0 bridgehead atoms. The number of methoxy groups -OCH3 is 2. The molecule has 2 fully saturated rings. The van der Waals surface area contributed by atoms with Crippen LogP contribution < -0.4 is 11.2 Å². The van der Waals surface area contributed by atoms with Crippen LogP contribution in [0.5, 0.6) is 0 Å². The van der Waals surface area contributed by atoms with Crippen LogP contribution in [0.4, 0.5) is 14.0 Å². The van der Waals surface area contributed by atoms with Gasteiger partial charge in [0.25, 0.3) is 5.56 Å². The van der Waals surface area contributed by atoms with Crippen molar-refractivity contribution in [2.24, 2.45) is 0 Å². The Hall–Kier alpha value is -2.86. The number of nitrogens with zero attached hydrogens (tertiary/aromatic N) is 1. The highest BCUT2D eigenvalue weighted by atomic mass is 31.2. The van der Waals surface area contributed by atoms with Crippen LogP contribution in [0.3, 0.4) is 0 Å². The molecular formula is C17H22FN2O15P. The van der Waals surface area contributed by atoms with Crippen molar-refractivity contribution in [1.82, 2.24) is 9.55 Å². The summed E-state index contributed by atoms with van der Waals surface area (Å²) in [5.41, 5.74) is -9.34. The first-order chi connectivity index (χ1) is 16.8. The summed E-state index contributed by atoms with van der Waals surface area (Å²) in [5.74, 6) is 0. The van der Waals surface area contributed by atoms with Crippen molar-refractivity contribution in [3.05, 3.63) is 33.1 Å². The summed E-state index contributed by atoms with van der Waals surface area (Å²) in [4.78, 5) is 47.6. The maximum atomic E-state index is 14.2. The maximum absolute atomic E-state index is 14.2. The van der Waals surface area contributed by atoms with Gasteiger partial charge >= 0.3 is 25.8 Å². The predicted molar refractivity (Wildman–Crippen MR) is 107 cm³/mol. The van der Waals surface area contributed by atoms with E-state index < -0.39 is 80.8 Å². The summed E-state index contributed by atoms with van der Waals surface area (Å²) in [7, 11) is -3.03. The molecule has 1 aliphatic heterocycles. The SMILES string of the molecule is COC(=O)OCOP(=O)(OCOC(=O)OC)OC1[C@@]2(O)[C@@](C)(O)[C@H](n3ccc(=O)[nH]c3=O)O[C@]12CF. The lowest BCUT2D eigenvalue weighted by molar-refractivity contribution is -0.168. The molecule has 2 heterocycles. The van der Waals surface area contributed by atoms with Crippen molar-refractivity contribution in [3.63, 3.8) is 0 Å². The Morgan fingerprint density at radius 2 is 1.72 bits per heavy atom. The Morgan fingerprint density at radius 1 is 1.17 bits per heavy atom. The molecule has 0 spiro atoms. The highest BCUT2D eigenvalue weighted by Crippen LogP contribution is 2.71. The van der Waals surface area contributed by atoms with Crippen LogP contribution in [0.2, 0.25) is 0 Å². The number of rotatable bonds is 10. The number of phosphoric ester groups is 1. The molecule has 0 aromatic carbocycles. The minimum atomic E-state index is -4.96. The number of aliphatic hydroxyl groups is 2. The number of hydrogen-bond donors (Lipinski definition) is 3. The van der Waals surface area contributed by atoms with Crippen LogP contribution in [0, 0.1) is 0 Å². The van der Waals surface area contributed by atoms with Gasteiger partial charge in [-0.25, -0.2) is 32.4 Å². The van der Waals surface area contributed by atoms with E-state index >= 15 is 0 Å². The van der Waals surface area contributed by atoms with Crippen LogP contribution in [0.1, 0.15) is 13.2 Å². The second-order valence-corrected chi connectivity index (χ2v) is 9.17. The molecule has 1 aliphatic carbocycles. The van der Waals surface area contributed by atoms with Gasteiger partial charge in [-0.15, -0.1) is 0 Å². The van der Waals surface area contributed by atoms with E-state index in [1.165, 1.54) is 0 Å². The molecule has 19 heteroatoms. The molecule has 36 heavy (non-hydrogen) atoms. The van der Waals surface area contributed by atoms with Crippen LogP contribution >= 0.6 is 7.82 Å². The van der Waals surface area contributed by atoms with E-state index in [2.05, 4.69) is 18.9 Å². The van der Waals surface area contributed by atoms with Crippen molar-refractivity contribution < 1.29 is 66.0 Å². The van der Waals surface area contributed by atoms with Gasteiger partial charge in [0.2, 0.25) is 13.6 Å². The minimum Gasteiger partial charge on any atom is -0.438 e. The fourth-order valence-corrected chi connectivity index (χ4v) is 4.87. The smallest absolute Gasteiger partial charge is 0.438 e. The zero-order valence-corrected chi connectivity index (χ0v) is 19.8. The maximum Gasteiger partial charge on any atom is 0.510 e. The number of phosphoric acid groups is 1. The monoisotopic (exact) mass is 544 g/mol. The van der Waals surface area contributed by atoms with Crippen molar-refractivity contribution in [1.29, 1.82) is 0 Å². The molecule has 17 nitrogen and oxygen atoms in total. The molecule has 0 amide bonds. The Bertz CT molecular complexity index is 1140. The van der Waals surface area contributed by atoms with Crippen LogP contribution in [-0.2, 0) is 41.8 Å². The number of alkyl halides is 1. The van der Waals surface area contributed by atoms with Gasteiger partial charge in [0.1, 0.15) is 18.4 Å². The lowest BCUT2D eigenvalue weighted by Crippen LogP contribution is -2.51. The first-order valence-corrected chi connectivity index (χ1v) is 11.3. The van der Waals surface area contributed by atoms with Gasteiger partial charge in [0.15, 0.2) is 17.4 Å². The number of hydrogen-bond acceptors (Lipinski definition) is 15. The average molecular weight is 544 g/mol. The third-order valence-corrected chi connectivity index (χ3v) is 6.90. The third-order valence-electron chi connectivity index (χ3n) is 5.58. The topological polar surface area (TPSA) is 220 Å². The van der Waals surface area contributed by atoms with E-state index in [1.807, 2.05) is 4.98 Å². The fraction of sp³-hybridized carbons (Fsp3) is 0.647. The lowest BCUT2D eigenvalue weighted by Gasteiger charge is -2.33. The van der Waals surface area contributed by atoms with E-state index in [9.17, 15) is 38.3 Å². The van der Waals surface area contributed by atoms with E-state index in [0.29, 0.717) is 4.57 Å². The van der Waals surface area contributed by atoms with Gasteiger partial charge in [-0.1, -0.05) is 0 Å². The Kier molecular flexibility index (Phi) is 7.62. The molecule has 1 saturated carbocycles. The number of aromatic nitrogens is 2. The Morgan fingerprint density at radius 3 is 2.17 bits per heavy atom. The summed E-state index contributed by atoms with van der Waals surface area (Å²) < 4.78 is 65.4. The number of fused-ring (bicyclic) bond motifs is 1. The predicted octanol–water partition coefficient (Wildman–Crippen LogP) is -0.723. The van der Waals surface area contributed by atoms with Crippen LogP contribution in [0.25, 0.3) is 0 Å². The van der Waals surface area contributed by atoms with Crippen molar-refractivity contribution in [2.45, 2.75) is 36.1 Å². The molecule has 3 rings (SSSR count). The number of ether oxygens (including phenoxy) is 5. The van der Waals surface area contributed by atoms with Gasteiger partial charge in [-0.2, -0.15) is 0 Å². The van der Waals surface area contributed by atoms with E-state index in [-0.39, 0.29) is 0 Å². The lowest BCUT2D eigenvalue weighted by atomic mass is 9.94. The molecular weight excluding hydrogens is 522 g/mol. The Labute approximate surface area is 200 Å². The molecule has 1 unspecified atom stereocenters. The van der Waals surface area contributed by atoms with Gasteiger partial charge in [-0.05, 0) is 6.92 Å². The number of aromatic amines is 1. The first kappa shape index (κ1) is 27.7. The highest BCUT2D eigenvalue weighted by Gasteiger charge is 2.93. The molecule has 0 radical (unpaired) electrons. The molecule has 1 aromatic heterocycles. The fourth-order valence-electron chi connectivity index (χ4n) is 3.73. The largest absolute Gasteiger partial charge is 0.510 e. The van der Waals surface area contributed by atoms with Gasteiger partial charge in [0, 0.05) is 12.3 Å². The number of H-pyrrole nitrogens is 1. The summed E-state index contributed by atoms with van der Waals surface area (Å²) in [6, 6.07) is 0.920. The summed E-state index contributed by atoms with van der Waals surface area (Å²) >= 11 is 0. The summed E-state index contributed by atoms with van der Waals surface area (Å²) in [6.07, 6.45) is -5.23. The molecule has 2 aliphatic rings. The zero-order chi connectivity index (χ0) is 26.9. The molecule has 3 N–H and O–H groups in total. The standard InChI is InChI=1S/C17H22FN2O15P/c1-15(25)11(20-5-4-9(21)19-12(20)22)34-16(6-18)10(17(15,16)26)35-36(27,32-7-30-13(23)28-2)33-8-31-14(24)29-3/h4-5,10-11,25-26H,6-8H2,1-3H3,(H,19,21,22)/t10?,11-,15+,16-,17-/m1/s1. The normalized spacial score (nSPS) is 30.8. The van der Waals surface area contributed by atoms with Gasteiger partial charge in [0.05, 0.1) is 14.2 Å².